The number of carbonyl (C=O) groups is 9. The van der Waals surface area contributed by atoms with Gasteiger partial charge in [-0.25, -0.2) is 4.79 Å². The van der Waals surface area contributed by atoms with Gasteiger partial charge in [0.15, 0.2) is 11.9 Å². The lowest BCUT2D eigenvalue weighted by Gasteiger charge is -2.39. The zero-order chi connectivity index (χ0) is 59.3. The molecular weight excluding hydrogens is 1020 g/mol. The van der Waals surface area contributed by atoms with Gasteiger partial charge >= 0.3 is 11.9 Å². The quantitative estimate of drug-likeness (QED) is 0.125. The fourth-order valence-corrected chi connectivity index (χ4v) is 11.0. The number of carbonyl (C=O) groups excluding carboxylic acids is 9. The normalized spacial score (nSPS) is 28.7. The SMILES string of the molecule is CCC(C)C1NC(C)[C@@H](NC(=O)[C@@H](CC(C)C)N(C)C(=O)C2CCCN2C(=O)C(C)O)[C@@H](C)OC(=O)[C@H](Cc2ccc(OC)cc2)N(C)C(=O)[C@@H]2CCCN2C(=O)[C@H](CC(C)C)NC(=O)[C@@H](C)C(=O)[C@H](C(C)C)OC(=O)C[C@@H]1O. The van der Waals surface area contributed by atoms with Crippen LogP contribution in [0, 0.1) is 29.6 Å². The minimum atomic E-state index is -1.44. The van der Waals surface area contributed by atoms with Crippen LogP contribution in [-0.4, -0.2) is 190 Å². The summed E-state index contributed by atoms with van der Waals surface area (Å²) in [6.45, 7) is 21.0. The standard InChI is InChI=1S/C58H93N7O14/c1-16-34(8)48-46(67)30-47(68)79-51(33(6)7)50(69)35(9)52(70)60-41(27-31(2)3)55(73)65-26-18-20-43(65)57(75)63(14)45(29-39-21-23-40(77-15)24-22-39)58(76)78-38(12)49(36(10)59-48)61-53(71)44(28-32(4)5)62(13)56(74)42-19-17-25-64(42)54(72)37(11)66/h21-24,31-38,41-46,48-49,51,59,66-67H,16-20,25-30H2,1-15H3,(H,60,70)(H,61,71)/t34?,35-,36?,37?,38+,41-,42?,43-,44+,45-,46-,48?,49+,51-/m0/s1. The van der Waals surface area contributed by atoms with E-state index in [1.807, 2.05) is 41.5 Å². The Morgan fingerprint density at radius 1 is 0.886 bits per heavy atom. The molecule has 0 aromatic heterocycles. The molecule has 3 aliphatic heterocycles. The molecule has 5 N–H and O–H groups in total. The van der Waals surface area contributed by atoms with E-state index in [9.17, 15) is 43.8 Å². The monoisotopic (exact) mass is 1110 g/mol. The third-order valence-corrected chi connectivity index (χ3v) is 15.9. The molecule has 21 nitrogen and oxygen atoms in total. The lowest BCUT2D eigenvalue weighted by atomic mass is 9.90. The fourth-order valence-electron chi connectivity index (χ4n) is 11.0. The van der Waals surface area contributed by atoms with E-state index < -0.39 is 144 Å². The summed E-state index contributed by atoms with van der Waals surface area (Å²) in [5.41, 5.74) is 0.638. The number of fused-ring (bicyclic) bond motifs is 1. The number of likely N-dealkylation sites (tertiary alicyclic amines) is 1. The van der Waals surface area contributed by atoms with Crippen molar-refractivity contribution in [2.45, 2.75) is 214 Å². The van der Waals surface area contributed by atoms with Gasteiger partial charge in [0, 0.05) is 45.7 Å². The number of aliphatic hydroxyl groups excluding tert-OH is 2. The predicted octanol–water partition coefficient (Wildman–Crippen LogP) is 3.18. The Bertz CT molecular complexity index is 2280. The van der Waals surface area contributed by atoms with E-state index >= 15 is 9.59 Å². The van der Waals surface area contributed by atoms with Crippen LogP contribution >= 0.6 is 0 Å². The van der Waals surface area contributed by atoms with Crippen molar-refractivity contribution in [1.82, 2.24) is 35.6 Å². The van der Waals surface area contributed by atoms with E-state index in [2.05, 4.69) is 16.0 Å². The molecule has 3 saturated heterocycles. The van der Waals surface area contributed by atoms with Crippen molar-refractivity contribution in [3.63, 3.8) is 0 Å². The number of rotatable bonds is 15. The number of ether oxygens (including phenoxy) is 3. The number of aliphatic hydroxyl groups is 2. The minimum absolute atomic E-state index is 0.0455. The molecule has 0 bridgehead atoms. The summed E-state index contributed by atoms with van der Waals surface area (Å²) in [4.78, 5) is 134. The van der Waals surface area contributed by atoms with Crippen molar-refractivity contribution in [3.05, 3.63) is 29.8 Å². The number of likely N-dealkylation sites (N-methyl/N-ethyl adjacent to an activating group) is 2. The van der Waals surface area contributed by atoms with Crippen LogP contribution in [-0.2, 0) is 59.0 Å². The molecular formula is C58H93N7O14. The van der Waals surface area contributed by atoms with E-state index in [0.29, 0.717) is 37.0 Å². The van der Waals surface area contributed by atoms with Crippen molar-refractivity contribution in [1.29, 1.82) is 0 Å². The second-order valence-corrected chi connectivity index (χ2v) is 23.5. The number of nitrogens with zero attached hydrogens (tertiary/aromatic N) is 4. The van der Waals surface area contributed by atoms with Gasteiger partial charge in [0.05, 0.1) is 31.6 Å². The Morgan fingerprint density at radius 2 is 1.52 bits per heavy atom. The Hall–Kier alpha value is -5.67. The molecule has 3 heterocycles. The highest BCUT2D eigenvalue weighted by Crippen LogP contribution is 2.28. The van der Waals surface area contributed by atoms with Gasteiger partial charge in [0.2, 0.25) is 29.5 Å². The maximum atomic E-state index is 15.1. The Labute approximate surface area is 467 Å². The van der Waals surface area contributed by atoms with Gasteiger partial charge < -0.3 is 60.0 Å². The highest BCUT2D eigenvalue weighted by atomic mass is 16.6. The van der Waals surface area contributed by atoms with Crippen molar-refractivity contribution >= 4 is 53.2 Å². The summed E-state index contributed by atoms with van der Waals surface area (Å²) in [5.74, 6) is -8.02. The molecule has 1 aromatic rings. The molecule has 444 valence electrons. The molecule has 3 aliphatic rings. The minimum Gasteiger partial charge on any atom is -0.497 e. The zero-order valence-electron chi connectivity index (χ0n) is 49.5. The van der Waals surface area contributed by atoms with E-state index in [4.69, 9.17) is 14.2 Å². The summed E-state index contributed by atoms with van der Waals surface area (Å²) in [6, 6.07) is -1.45. The maximum absolute atomic E-state index is 15.1. The highest BCUT2D eigenvalue weighted by Gasteiger charge is 2.46. The molecule has 79 heavy (non-hydrogen) atoms. The third-order valence-electron chi connectivity index (χ3n) is 15.9. The van der Waals surface area contributed by atoms with Gasteiger partial charge in [-0.05, 0) is 108 Å². The average molecular weight is 1110 g/mol. The first-order valence-electron chi connectivity index (χ1n) is 28.5. The summed E-state index contributed by atoms with van der Waals surface area (Å²) < 4.78 is 17.6. The largest absolute Gasteiger partial charge is 0.497 e. The smallest absolute Gasteiger partial charge is 0.329 e. The van der Waals surface area contributed by atoms with Crippen LogP contribution in [0.15, 0.2) is 24.3 Å². The van der Waals surface area contributed by atoms with Crippen LogP contribution in [0.1, 0.15) is 140 Å². The fraction of sp³-hybridized carbons (Fsp3) is 0.741. The van der Waals surface area contributed by atoms with Crippen molar-refractivity contribution < 1.29 is 67.6 Å². The number of esters is 2. The number of hydrogen-bond acceptors (Lipinski definition) is 15. The number of amides is 6. The molecule has 6 amide bonds. The van der Waals surface area contributed by atoms with E-state index in [-0.39, 0.29) is 56.5 Å². The van der Waals surface area contributed by atoms with Gasteiger partial charge in [0.1, 0.15) is 48.2 Å². The summed E-state index contributed by atoms with van der Waals surface area (Å²) in [7, 11) is 4.47. The second-order valence-electron chi connectivity index (χ2n) is 23.5. The van der Waals surface area contributed by atoms with E-state index in [1.165, 1.54) is 54.7 Å². The topological polar surface area (TPSA) is 271 Å². The first-order valence-corrected chi connectivity index (χ1v) is 28.5. The predicted molar refractivity (Wildman–Crippen MR) is 295 cm³/mol. The van der Waals surface area contributed by atoms with Crippen LogP contribution < -0.4 is 20.7 Å². The molecule has 14 atom stereocenters. The Kier molecular flexibility index (Phi) is 24.7. The van der Waals surface area contributed by atoms with Crippen LogP contribution in [0.4, 0.5) is 0 Å². The van der Waals surface area contributed by atoms with Crippen molar-refractivity contribution in [2.75, 3.05) is 34.3 Å². The molecule has 21 heteroatoms. The summed E-state index contributed by atoms with van der Waals surface area (Å²) in [6.07, 6.45) is -3.61. The number of ketones is 1. The lowest BCUT2D eigenvalue weighted by molar-refractivity contribution is -0.162. The van der Waals surface area contributed by atoms with Crippen LogP contribution in [0.2, 0.25) is 0 Å². The van der Waals surface area contributed by atoms with Crippen LogP contribution in [0.3, 0.4) is 0 Å². The number of cyclic esters (lactones) is 2. The molecule has 3 fully saturated rings. The zero-order valence-corrected chi connectivity index (χ0v) is 49.5. The second kappa shape index (κ2) is 29.7. The van der Waals surface area contributed by atoms with Gasteiger partial charge in [-0.3, -0.25) is 38.4 Å². The van der Waals surface area contributed by atoms with Crippen LogP contribution in [0.25, 0.3) is 0 Å². The molecule has 0 radical (unpaired) electrons. The van der Waals surface area contributed by atoms with Gasteiger partial charge in [0.25, 0.3) is 5.91 Å². The van der Waals surface area contributed by atoms with Gasteiger partial charge in [-0.15, -0.1) is 0 Å². The molecule has 0 spiro atoms. The summed E-state index contributed by atoms with van der Waals surface area (Å²) in [5, 5.41) is 31.4. The molecule has 0 aliphatic carbocycles. The summed E-state index contributed by atoms with van der Waals surface area (Å²) >= 11 is 0. The number of nitrogens with one attached hydrogen (secondary N) is 3. The molecule has 0 saturated carbocycles. The molecule has 5 unspecified atom stereocenters. The lowest BCUT2D eigenvalue weighted by Crippen LogP contribution is -2.63. The van der Waals surface area contributed by atoms with Gasteiger partial charge in [-0.2, -0.15) is 0 Å². The Balaban J connectivity index is 1.89. The number of methoxy groups -OCH3 is 1. The third kappa shape index (κ3) is 17.2. The molecule has 1 aromatic carbocycles. The first kappa shape index (κ1) is 65.8. The van der Waals surface area contributed by atoms with Gasteiger partial charge in [-0.1, -0.05) is 73.9 Å². The maximum Gasteiger partial charge on any atom is 0.329 e. The number of hydrogen-bond donors (Lipinski definition) is 5. The highest BCUT2D eigenvalue weighted by molar-refractivity contribution is 6.05. The average Bonchev–Trinajstić information content (AvgIpc) is 4.13. The van der Waals surface area contributed by atoms with Crippen molar-refractivity contribution in [2.24, 2.45) is 29.6 Å². The molecule has 4 rings (SSSR count). The van der Waals surface area contributed by atoms with Crippen LogP contribution in [0.5, 0.6) is 5.75 Å². The van der Waals surface area contributed by atoms with E-state index in [0.717, 1.165) is 0 Å². The first-order chi connectivity index (χ1) is 37.0. The number of benzene rings is 1. The number of Topliss-reactive ketones (excluding diaryl/α,β-unsaturated/α-hetero) is 1. The van der Waals surface area contributed by atoms with Crippen molar-refractivity contribution in [3.8, 4) is 5.75 Å². The van der Waals surface area contributed by atoms with E-state index in [1.54, 1.807) is 52.0 Å². The Morgan fingerprint density at radius 3 is 2.09 bits per heavy atom.